The fourth-order valence-corrected chi connectivity index (χ4v) is 1.96. The Morgan fingerprint density at radius 3 is 2.50 bits per heavy atom. The van der Waals surface area contributed by atoms with E-state index in [1.165, 1.54) is 5.56 Å². The first kappa shape index (κ1) is 13.9. The number of anilines is 3. The molecule has 0 unspecified atom stereocenters. The summed E-state index contributed by atoms with van der Waals surface area (Å²) in [7, 11) is 0. The van der Waals surface area contributed by atoms with Gasteiger partial charge in [-0.1, -0.05) is 26.0 Å². The number of carbonyl (C=O) groups excluding carboxylic acids is 1. The van der Waals surface area contributed by atoms with Crippen LogP contribution in [0.15, 0.2) is 42.5 Å². The molecular weight excluding hydrogens is 250 g/mol. The van der Waals surface area contributed by atoms with Crippen molar-refractivity contribution in [1.82, 2.24) is 0 Å². The van der Waals surface area contributed by atoms with Crippen molar-refractivity contribution in [2.75, 3.05) is 11.1 Å². The van der Waals surface area contributed by atoms with E-state index in [2.05, 4.69) is 31.3 Å². The molecule has 0 aromatic heterocycles. The summed E-state index contributed by atoms with van der Waals surface area (Å²) in [6.45, 7) is 4.30. The van der Waals surface area contributed by atoms with E-state index >= 15 is 0 Å². The van der Waals surface area contributed by atoms with Gasteiger partial charge in [0.1, 0.15) is 0 Å². The summed E-state index contributed by atoms with van der Waals surface area (Å²) >= 11 is 0. The second-order valence-corrected chi connectivity index (χ2v) is 5.07. The van der Waals surface area contributed by atoms with E-state index in [0.29, 0.717) is 17.2 Å². The van der Waals surface area contributed by atoms with Gasteiger partial charge in [-0.3, -0.25) is 4.79 Å². The van der Waals surface area contributed by atoms with Crippen molar-refractivity contribution in [2.24, 2.45) is 5.73 Å². The van der Waals surface area contributed by atoms with E-state index in [-0.39, 0.29) is 0 Å². The Hall–Kier alpha value is -2.49. The third-order valence-electron chi connectivity index (χ3n) is 3.17. The van der Waals surface area contributed by atoms with Gasteiger partial charge in [0.25, 0.3) is 0 Å². The minimum atomic E-state index is -0.481. The van der Waals surface area contributed by atoms with Gasteiger partial charge in [0.15, 0.2) is 0 Å². The van der Waals surface area contributed by atoms with Crippen LogP contribution in [0.4, 0.5) is 17.1 Å². The molecule has 0 fully saturated rings. The smallest absolute Gasteiger partial charge is 0.248 e. The first-order valence-corrected chi connectivity index (χ1v) is 6.53. The van der Waals surface area contributed by atoms with Crippen molar-refractivity contribution < 1.29 is 4.79 Å². The lowest BCUT2D eigenvalue weighted by molar-refractivity contribution is 0.100. The number of benzene rings is 2. The second-order valence-electron chi connectivity index (χ2n) is 5.07. The van der Waals surface area contributed by atoms with E-state index in [1.807, 2.05) is 12.1 Å². The van der Waals surface area contributed by atoms with Gasteiger partial charge in [0.2, 0.25) is 5.91 Å². The molecular formula is C16H19N3O. The highest BCUT2D eigenvalue weighted by Gasteiger charge is 2.06. The maximum absolute atomic E-state index is 11.1. The summed E-state index contributed by atoms with van der Waals surface area (Å²) < 4.78 is 0. The Morgan fingerprint density at radius 1 is 1.15 bits per heavy atom. The first-order valence-electron chi connectivity index (χ1n) is 6.53. The number of nitrogen functional groups attached to an aromatic ring is 1. The number of hydrogen-bond acceptors (Lipinski definition) is 3. The molecule has 0 aliphatic heterocycles. The molecule has 4 heteroatoms. The molecule has 0 saturated carbocycles. The van der Waals surface area contributed by atoms with Gasteiger partial charge < -0.3 is 16.8 Å². The van der Waals surface area contributed by atoms with Crippen LogP contribution in [-0.4, -0.2) is 5.91 Å². The zero-order valence-electron chi connectivity index (χ0n) is 11.7. The zero-order valence-corrected chi connectivity index (χ0v) is 11.7. The fraction of sp³-hybridized carbons (Fsp3) is 0.188. The molecule has 104 valence electrons. The van der Waals surface area contributed by atoms with Crippen LogP contribution in [0.3, 0.4) is 0 Å². The number of hydrogen-bond donors (Lipinski definition) is 3. The average molecular weight is 269 g/mol. The van der Waals surface area contributed by atoms with Crippen molar-refractivity contribution in [3.05, 3.63) is 53.6 Å². The van der Waals surface area contributed by atoms with Gasteiger partial charge in [-0.2, -0.15) is 0 Å². The molecule has 0 bridgehead atoms. The fourth-order valence-electron chi connectivity index (χ4n) is 1.96. The van der Waals surface area contributed by atoms with E-state index in [0.717, 1.165) is 11.4 Å². The van der Waals surface area contributed by atoms with Crippen LogP contribution in [0, 0.1) is 0 Å². The van der Waals surface area contributed by atoms with Crippen molar-refractivity contribution in [3.63, 3.8) is 0 Å². The van der Waals surface area contributed by atoms with Crippen LogP contribution in [0.25, 0.3) is 0 Å². The first-order chi connectivity index (χ1) is 9.47. The highest BCUT2D eigenvalue weighted by molar-refractivity contribution is 5.95. The second kappa shape index (κ2) is 5.65. The Labute approximate surface area is 118 Å². The monoisotopic (exact) mass is 269 g/mol. The summed E-state index contributed by atoms with van der Waals surface area (Å²) in [6, 6.07) is 13.2. The molecule has 0 saturated heterocycles. The predicted octanol–water partition coefficient (Wildman–Crippen LogP) is 3.23. The van der Waals surface area contributed by atoms with Crippen LogP contribution >= 0.6 is 0 Å². The van der Waals surface area contributed by atoms with Gasteiger partial charge in [0, 0.05) is 11.3 Å². The minimum Gasteiger partial charge on any atom is -0.397 e. The third kappa shape index (κ3) is 3.09. The predicted molar refractivity (Wildman–Crippen MR) is 83.2 cm³/mol. The summed E-state index contributed by atoms with van der Waals surface area (Å²) in [5.41, 5.74) is 15.0. The Bertz CT molecular complexity index is 635. The third-order valence-corrected chi connectivity index (χ3v) is 3.17. The van der Waals surface area contributed by atoms with Crippen molar-refractivity contribution in [1.29, 1.82) is 0 Å². The molecule has 0 spiro atoms. The lowest BCUT2D eigenvalue weighted by Gasteiger charge is -2.12. The molecule has 2 aromatic rings. The molecule has 0 radical (unpaired) electrons. The summed E-state index contributed by atoms with van der Waals surface area (Å²) in [5.74, 6) is -0.0172. The molecule has 4 nitrogen and oxygen atoms in total. The largest absolute Gasteiger partial charge is 0.397 e. The summed E-state index contributed by atoms with van der Waals surface area (Å²) in [5, 5.41) is 3.26. The maximum atomic E-state index is 11.1. The summed E-state index contributed by atoms with van der Waals surface area (Å²) in [6.07, 6.45) is 0. The zero-order chi connectivity index (χ0) is 14.7. The normalized spacial score (nSPS) is 10.6. The molecule has 0 atom stereocenters. The van der Waals surface area contributed by atoms with Crippen LogP contribution in [-0.2, 0) is 0 Å². The molecule has 2 rings (SSSR count). The molecule has 0 aliphatic rings. The van der Waals surface area contributed by atoms with Crippen LogP contribution in [0.5, 0.6) is 0 Å². The lowest BCUT2D eigenvalue weighted by Crippen LogP contribution is -2.11. The van der Waals surface area contributed by atoms with E-state index in [4.69, 9.17) is 11.5 Å². The number of nitrogens with two attached hydrogens (primary N) is 2. The quantitative estimate of drug-likeness (QED) is 0.745. The highest BCUT2D eigenvalue weighted by atomic mass is 16.1. The summed E-state index contributed by atoms with van der Waals surface area (Å²) in [4.78, 5) is 11.1. The van der Waals surface area contributed by atoms with Gasteiger partial charge in [0.05, 0.1) is 11.4 Å². The highest BCUT2D eigenvalue weighted by Crippen LogP contribution is 2.26. The molecule has 2 aromatic carbocycles. The number of primary amides is 1. The molecule has 5 N–H and O–H groups in total. The van der Waals surface area contributed by atoms with Crippen molar-refractivity contribution in [3.8, 4) is 0 Å². The average Bonchev–Trinajstić information content (AvgIpc) is 2.41. The number of rotatable bonds is 4. The number of carbonyl (C=O) groups is 1. The van der Waals surface area contributed by atoms with Gasteiger partial charge in [-0.05, 0) is 41.8 Å². The van der Waals surface area contributed by atoms with E-state index in [1.54, 1.807) is 18.2 Å². The number of amides is 1. The Balaban J connectivity index is 2.26. The maximum Gasteiger partial charge on any atom is 0.248 e. The SMILES string of the molecule is CC(C)c1cccc(Nc2ccc(C(N)=O)cc2N)c1. The van der Waals surface area contributed by atoms with Crippen LogP contribution in [0.2, 0.25) is 0 Å². The van der Waals surface area contributed by atoms with Crippen molar-refractivity contribution >= 4 is 23.0 Å². The Kier molecular flexibility index (Phi) is 3.94. The van der Waals surface area contributed by atoms with Crippen LogP contribution < -0.4 is 16.8 Å². The Morgan fingerprint density at radius 2 is 1.90 bits per heavy atom. The van der Waals surface area contributed by atoms with Gasteiger partial charge in [-0.25, -0.2) is 0 Å². The molecule has 1 amide bonds. The topological polar surface area (TPSA) is 81.1 Å². The molecule has 0 aliphatic carbocycles. The molecule has 0 heterocycles. The van der Waals surface area contributed by atoms with Crippen molar-refractivity contribution in [2.45, 2.75) is 19.8 Å². The number of nitrogens with one attached hydrogen (secondary N) is 1. The molecule has 20 heavy (non-hydrogen) atoms. The van der Waals surface area contributed by atoms with E-state index < -0.39 is 5.91 Å². The van der Waals surface area contributed by atoms with Gasteiger partial charge >= 0.3 is 0 Å². The minimum absolute atomic E-state index is 0.406. The lowest BCUT2D eigenvalue weighted by atomic mass is 10.0. The van der Waals surface area contributed by atoms with E-state index in [9.17, 15) is 4.79 Å². The van der Waals surface area contributed by atoms with Crippen LogP contribution in [0.1, 0.15) is 35.7 Å². The standard InChI is InChI=1S/C16H19N3O/c1-10(2)11-4-3-5-13(8-11)19-15-7-6-12(16(18)20)9-14(15)17/h3-10,19H,17H2,1-2H3,(H2,18,20). The van der Waals surface area contributed by atoms with Gasteiger partial charge in [-0.15, -0.1) is 0 Å².